The van der Waals surface area contributed by atoms with Gasteiger partial charge in [0.05, 0.1) is 12.7 Å². The molecule has 0 spiro atoms. The smallest absolute Gasteiger partial charge is 0.340 e. The van der Waals surface area contributed by atoms with E-state index < -0.39 is 0 Å². The van der Waals surface area contributed by atoms with Crippen LogP contribution >= 0.6 is 0 Å². The summed E-state index contributed by atoms with van der Waals surface area (Å²) in [5.74, 6) is 0.261. The average molecular weight is 276 g/mol. The third-order valence-electron chi connectivity index (χ3n) is 3.61. The SMILES string of the molecule is COC(=O)c1c(N)cccc1CN(CC(C)C)C1CC1. The molecule has 0 atom stereocenters. The third-order valence-corrected chi connectivity index (χ3v) is 3.61. The molecule has 0 aromatic heterocycles. The van der Waals surface area contributed by atoms with Crippen molar-refractivity contribution < 1.29 is 9.53 Å². The number of carbonyl (C=O) groups excluding carboxylic acids is 1. The summed E-state index contributed by atoms with van der Waals surface area (Å²) in [6, 6.07) is 6.28. The fraction of sp³-hybridized carbons (Fsp3) is 0.562. The van der Waals surface area contributed by atoms with E-state index in [2.05, 4.69) is 18.7 Å². The number of nitrogen functional groups attached to an aromatic ring is 1. The molecule has 0 radical (unpaired) electrons. The van der Waals surface area contributed by atoms with Crippen LogP contribution in [0.5, 0.6) is 0 Å². The number of ether oxygens (including phenoxy) is 1. The number of rotatable bonds is 6. The van der Waals surface area contributed by atoms with E-state index in [1.54, 1.807) is 6.07 Å². The lowest BCUT2D eigenvalue weighted by Gasteiger charge is -2.25. The molecular formula is C16H24N2O2. The molecule has 4 nitrogen and oxygen atoms in total. The lowest BCUT2D eigenvalue weighted by Crippen LogP contribution is -2.30. The number of benzene rings is 1. The summed E-state index contributed by atoms with van der Waals surface area (Å²) in [5.41, 5.74) is 7.92. The van der Waals surface area contributed by atoms with Gasteiger partial charge in [0, 0.05) is 24.8 Å². The number of carbonyl (C=O) groups is 1. The van der Waals surface area contributed by atoms with Gasteiger partial charge >= 0.3 is 5.97 Å². The first-order valence-corrected chi connectivity index (χ1v) is 7.22. The largest absolute Gasteiger partial charge is 0.465 e. The van der Waals surface area contributed by atoms with Gasteiger partial charge in [-0.25, -0.2) is 4.79 Å². The number of esters is 1. The highest BCUT2D eigenvalue weighted by Crippen LogP contribution is 2.30. The molecular weight excluding hydrogens is 252 g/mol. The van der Waals surface area contributed by atoms with Crippen LogP contribution in [0.1, 0.15) is 42.6 Å². The Labute approximate surface area is 120 Å². The van der Waals surface area contributed by atoms with Gasteiger partial charge in [-0.3, -0.25) is 4.90 Å². The third kappa shape index (κ3) is 3.51. The van der Waals surface area contributed by atoms with Crippen LogP contribution in [0.25, 0.3) is 0 Å². The van der Waals surface area contributed by atoms with Crippen LogP contribution < -0.4 is 5.73 Å². The summed E-state index contributed by atoms with van der Waals surface area (Å²) >= 11 is 0. The monoisotopic (exact) mass is 276 g/mol. The standard InChI is InChI=1S/C16H24N2O2/c1-11(2)9-18(13-7-8-13)10-12-5-4-6-14(17)15(12)16(19)20-3/h4-6,11,13H,7-10,17H2,1-3H3. The second-order valence-electron chi connectivity index (χ2n) is 5.93. The zero-order chi connectivity index (χ0) is 14.7. The first-order chi connectivity index (χ1) is 9.52. The van der Waals surface area contributed by atoms with Crippen molar-refractivity contribution in [2.75, 3.05) is 19.4 Å². The molecule has 0 bridgehead atoms. The normalized spacial score (nSPS) is 14.8. The molecule has 1 fully saturated rings. The minimum absolute atomic E-state index is 0.349. The fourth-order valence-electron chi connectivity index (χ4n) is 2.57. The summed E-state index contributed by atoms with van der Waals surface area (Å²) in [5, 5.41) is 0. The maximum absolute atomic E-state index is 11.9. The molecule has 1 saturated carbocycles. The predicted octanol–water partition coefficient (Wildman–Crippen LogP) is 2.68. The zero-order valence-electron chi connectivity index (χ0n) is 12.6. The van der Waals surface area contributed by atoms with E-state index in [1.165, 1.54) is 20.0 Å². The Hall–Kier alpha value is -1.55. The summed E-state index contributed by atoms with van der Waals surface area (Å²) < 4.78 is 4.86. The van der Waals surface area contributed by atoms with Crippen molar-refractivity contribution in [2.24, 2.45) is 5.92 Å². The van der Waals surface area contributed by atoms with E-state index in [-0.39, 0.29) is 5.97 Å². The highest BCUT2D eigenvalue weighted by Gasteiger charge is 2.30. The minimum Gasteiger partial charge on any atom is -0.465 e. The van der Waals surface area contributed by atoms with Crippen molar-refractivity contribution >= 4 is 11.7 Å². The Morgan fingerprint density at radius 1 is 1.45 bits per heavy atom. The molecule has 1 aliphatic rings. The molecule has 2 rings (SSSR count). The van der Waals surface area contributed by atoms with Gasteiger partial charge in [0.25, 0.3) is 0 Å². The summed E-state index contributed by atoms with van der Waals surface area (Å²) in [7, 11) is 1.39. The van der Waals surface area contributed by atoms with Crippen LogP contribution in [-0.2, 0) is 11.3 Å². The van der Waals surface area contributed by atoms with Gasteiger partial charge in [-0.1, -0.05) is 26.0 Å². The van der Waals surface area contributed by atoms with Crippen molar-refractivity contribution in [1.82, 2.24) is 4.90 Å². The summed E-state index contributed by atoms with van der Waals surface area (Å²) in [6.45, 7) is 6.24. The Morgan fingerprint density at radius 2 is 2.15 bits per heavy atom. The van der Waals surface area contributed by atoms with Crippen LogP contribution in [-0.4, -0.2) is 30.6 Å². The number of nitrogens with two attached hydrogens (primary N) is 1. The van der Waals surface area contributed by atoms with Crippen molar-refractivity contribution in [3.05, 3.63) is 29.3 Å². The van der Waals surface area contributed by atoms with E-state index in [1.807, 2.05) is 12.1 Å². The van der Waals surface area contributed by atoms with Crippen molar-refractivity contribution in [1.29, 1.82) is 0 Å². The Kier molecular flexibility index (Phi) is 4.65. The summed E-state index contributed by atoms with van der Waals surface area (Å²) in [6.07, 6.45) is 2.51. The molecule has 1 aliphatic carbocycles. The second-order valence-corrected chi connectivity index (χ2v) is 5.93. The van der Waals surface area contributed by atoms with Crippen LogP contribution in [0.4, 0.5) is 5.69 Å². The maximum atomic E-state index is 11.9. The van der Waals surface area contributed by atoms with E-state index in [0.29, 0.717) is 23.2 Å². The highest BCUT2D eigenvalue weighted by molar-refractivity contribution is 5.96. The average Bonchev–Trinajstić information content (AvgIpc) is 3.21. The molecule has 0 heterocycles. The van der Waals surface area contributed by atoms with Gasteiger partial charge < -0.3 is 10.5 Å². The van der Waals surface area contributed by atoms with Gasteiger partial charge in [0.15, 0.2) is 0 Å². The molecule has 0 aliphatic heterocycles. The van der Waals surface area contributed by atoms with Gasteiger partial charge in [-0.15, -0.1) is 0 Å². The molecule has 1 aromatic rings. The minimum atomic E-state index is -0.349. The quantitative estimate of drug-likeness (QED) is 0.641. The van der Waals surface area contributed by atoms with Gasteiger partial charge in [0.1, 0.15) is 0 Å². The number of hydrogen-bond acceptors (Lipinski definition) is 4. The molecule has 20 heavy (non-hydrogen) atoms. The molecule has 2 N–H and O–H groups in total. The molecule has 110 valence electrons. The van der Waals surface area contributed by atoms with Crippen molar-refractivity contribution in [3.8, 4) is 0 Å². The van der Waals surface area contributed by atoms with Crippen LogP contribution in [0.2, 0.25) is 0 Å². The number of hydrogen-bond donors (Lipinski definition) is 1. The van der Waals surface area contributed by atoms with Crippen LogP contribution in [0.15, 0.2) is 18.2 Å². The van der Waals surface area contributed by atoms with Gasteiger partial charge in [-0.05, 0) is 30.4 Å². The van der Waals surface area contributed by atoms with E-state index in [0.717, 1.165) is 18.7 Å². The molecule has 0 amide bonds. The second kappa shape index (κ2) is 6.27. The first-order valence-electron chi connectivity index (χ1n) is 7.22. The Morgan fingerprint density at radius 3 is 2.70 bits per heavy atom. The Balaban J connectivity index is 2.22. The lowest BCUT2D eigenvalue weighted by atomic mass is 10.0. The molecule has 4 heteroatoms. The Bertz CT molecular complexity index is 481. The number of nitrogens with zero attached hydrogens (tertiary/aromatic N) is 1. The van der Waals surface area contributed by atoms with E-state index in [4.69, 9.17) is 10.5 Å². The predicted molar refractivity (Wildman–Crippen MR) is 80.5 cm³/mol. The topological polar surface area (TPSA) is 55.6 Å². The van der Waals surface area contributed by atoms with Crippen LogP contribution in [0.3, 0.4) is 0 Å². The highest BCUT2D eigenvalue weighted by atomic mass is 16.5. The number of methoxy groups -OCH3 is 1. The number of anilines is 1. The summed E-state index contributed by atoms with van der Waals surface area (Å²) in [4.78, 5) is 14.4. The molecule has 1 aromatic carbocycles. The first kappa shape index (κ1) is 14.9. The maximum Gasteiger partial charge on any atom is 0.340 e. The van der Waals surface area contributed by atoms with E-state index in [9.17, 15) is 4.79 Å². The van der Waals surface area contributed by atoms with Crippen molar-refractivity contribution in [3.63, 3.8) is 0 Å². The fourth-order valence-corrected chi connectivity index (χ4v) is 2.57. The van der Waals surface area contributed by atoms with Gasteiger partial charge in [-0.2, -0.15) is 0 Å². The van der Waals surface area contributed by atoms with Crippen molar-refractivity contribution in [2.45, 2.75) is 39.3 Å². The lowest BCUT2D eigenvalue weighted by molar-refractivity contribution is 0.0599. The molecule has 0 unspecified atom stereocenters. The molecule has 0 saturated heterocycles. The zero-order valence-corrected chi connectivity index (χ0v) is 12.6. The van der Waals surface area contributed by atoms with Crippen LogP contribution in [0, 0.1) is 5.92 Å². The van der Waals surface area contributed by atoms with Gasteiger partial charge in [0.2, 0.25) is 0 Å². The van der Waals surface area contributed by atoms with E-state index >= 15 is 0 Å².